The maximum absolute atomic E-state index is 11.6. The Hall–Kier alpha value is -0.0400. The van der Waals surface area contributed by atoms with E-state index in [2.05, 4.69) is 34.8 Å². The van der Waals surface area contributed by atoms with Crippen molar-refractivity contribution in [2.24, 2.45) is 0 Å². The summed E-state index contributed by atoms with van der Waals surface area (Å²) in [5.74, 6) is 0. The number of alkyl halides is 1. The van der Waals surface area contributed by atoms with Crippen LogP contribution in [0.3, 0.4) is 0 Å². The molecule has 0 aromatic heterocycles. The van der Waals surface area contributed by atoms with E-state index in [1.165, 1.54) is 0 Å². The van der Waals surface area contributed by atoms with E-state index in [1.54, 1.807) is 0 Å². The number of ether oxygens (including phenoxy) is 2. The molecule has 0 aromatic rings. The summed E-state index contributed by atoms with van der Waals surface area (Å²) in [4.78, 5) is 11.6. The first kappa shape index (κ1) is 18.0. The molecular weight excluding hydrogens is 345 g/mol. The molecule has 0 fully saturated rings. The molecule has 0 aliphatic rings. The third-order valence-corrected chi connectivity index (χ3v) is 3.96. The third kappa shape index (κ3) is 8.13. The van der Waals surface area contributed by atoms with Crippen molar-refractivity contribution in [1.29, 1.82) is 0 Å². The highest BCUT2D eigenvalue weighted by molar-refractivity contribution is 14.1. The van der Waals surface area contributed by atoms with Crippen molar-refractivity contribution < 1.29 is 14.3 Å². The van der Waals surface area contributed by atoms with Crippen LogP contribution in [0.4, 0.5) is 4.79 Å². The lowest BCUT2D eigenvalue weighted by molar-refractivity contribution is -0.0586. The van der Waals surface area contributed by atoms with E-state index in [4.69, 9.17) is 9.47 Å². The Morgan fingerprint density at radius 2 is 1.89 bits per heavy atom. The molecule has 18 heavy (non-hydrogen) atoms. The molecule has 0 aliphatic heterocycles. The number of nitrogens with one attached hydrogen (secondary N) is 1. The Morgan fingerprint density at radius 1 is 1.33 bits per heavy atom. The molecule has 0 rings (SSSR count). The Labute approximate surface area is 124 Å². The fourth-order valence-corrected chi connectivity index (χ4v) is 1.71. The lowest BCUT2D eigenvalue weighted by atomic mass is 10.1. The van der Waals surface area contributed by atoms with Crippen LogP contribution in [0.1, 0.15) is 48.0 Å². The Morgan fingerprint density at radius 3 is 2.28 bits per heavy atom. The Bertz CT molecular complexity index is 265. The van der Waals surface area contributed by atoms with Crippen molar-refractivity contribution >= 4 is 28.7 Å². The molecular formula is C13H26INO3. The van der Waals surface area contributed by atoms with Gasteiger partial charge in [-0.05, 0) is 41.0 Å². The van der Waals surface area contributed by atoms with E-state index >= 15 is 0 Å². The zero-order valence-electron chi connectivity index (χ0n) is 12.3. The average Bonchev–Trinajstić information content (AvgIpc) is 2.24. The molecule has 1 amide bonds. The second-order valence-corrected chi connectivity index (χ2v) is 6.54. The van der Waals surface area contributed by atoms with Crippen LogP contribution in [-0.2, 0) is 9.47 Å². The van der Waals surface area contributed by atoms with Crippen molar-refractivity contribution in [2.45, 2.75) is 65.3 Å². The maximum Gasteiger partial charge on any atom is 0.407 e. The summed E-state index contributed by atoms with van der Waals surface area (Å²) in [5, 5.41) is 2.77. The second kappa shape index (κ2) is 7.53. The largest absolute Gasteiger partial charge is 0.444 e. The SMILES string of the molecule is CCC(C)OC(C)(CI)CNC(=O)OC(C)(C)C. The van der Waals surface area contributed by atoms with Gasteiger partial charge in [0.1, 0.15) is 5.60 Å². The van der Waals surface area contributed by atoms with E-state index in [-0.39, 0.29) is 11.7 Å². The number of halogens is 1. The first-order chi connectivity index (χ1) is 8.12. The maximum atomic E-state index is 11.6. The second-order valence-electron chi connectivity index (χ2n) is 5.78. The highest BCUT2D eigenvalue weighted by atomic mass is 127. The number of hydrogen-bond acceptors (Lipinski definition) is 3. The van der Waals surface area contributed by atoms with Crippen molar-refractivity contribution in [3.8, 4) is 0 Å². The molecule has 1 N–H and O–H groups in total. The molecule has 0 heterocycles. The van der Waals surface area contributed by atoms with Gasteiger partial charge in [0.05, 0.1) is 18.2 Å². The van der Waals surface area contributed by atoms with Gasteiger partial charge < -0.3 is 14.8 Å². The van der Waals surface area contributed by atoms with Gasteiger partial charge in [-0.3, -0.25) is 0 Å². The summed E-state index contributed by atoms with van der Waals surface area (Å²) < 4.78 is 12.0. The number of amides is 1. The first-order valence-corrected chi connectivity index (χ1v) is 7.85. The topological polar surface area (TPSA) is 47.6 Å². The Kier molecular flexibility index (Phi) is 7.51. The van der Waals surface area contributed by atoms with Crippen LogP contribution in [0.2, 0.25) is 0 Å². The average molecular weight is 371 g/mol. The summed E-state index contributed by atoms with van der Waals surface area (Å²) in [6.07, 6.45) is 0.745. The summed E-state index contributed by atoms with van der Waals surface area (Å²) in [5.41, 5.74) is -0.824. The van der Waals surface area contributed by atoms with Crippen molar-refractivity contribution in [3.05, 3.63) is 0 Å². The van der Waals surface area contributed by atoms with Crippen molar-refractivity contribution in [3.63, 3.8) is 0 Å². The number of rotatable bonds is 6. The van der Waals surface area contributed by atoms with Gasteiger partial charge in [-0.2, -0.15) is 0 Å². The summed E-state index contributed by atoms with van der Waals surface area (Å²) in [6, 6.07) is 0. The molecule has 2 atom stereocenters. The van der Waals surface area contributed by atoms with E-state index in [9.17, 15) is 4.79 Å². The monoisotopic (exact) mass is 371 g/mol. The zero-order chi connectivity index (χ0) is 14.4. The van der Waals surface area contributed by atoms with E-state index in [0.29, 0.717) is 6.54 Å². The van der Waals surface area contributed by atoms with Crippen LogP contribution in [0.25, 0.3) is 0 Å². The van der Waals surface area contributed by atoms with Crippen LogP contribution >= 0.6 is 22.6 Å². The summed E-state index contributed by atoms with van der Waals surface area (Å²) >= 11 is 2.27. The lowest BCUT2D eigenvalue weighted by Gasteiger charge is -2.31. The quantitative estimate of drug-likeness (QED) is 0.574. The van der Waals surface area contributed by atoms with E-state index in [1.807, 2.05) is 34.6 Å². The number of carbonyl (C=O) groups excluding carboxylic acids is 1. The predicted octanol–water partition coefficient (Wildman–Crippen LogP) is 3.52. The highest BCUT2D eigenvalue weighted by Gasteiger charge is 2.27. The van der Waals surface area contributed by atoms with Crippen LogP contribution in [-0.4, -0.2) is 34.4 Å². The molecule has 0 saturated heterocycles. The summed E-state index contributed by atoms with van der Waals surface area (Å²) in [6.45, 7) is 12.1. The fraction of sp³-hybridized carbons (Fsp3) is 0.923. The minimum atomic E-state index is -0.470. The van der Waals surface area contributed by atoms with Gasteiger partial charge in [0.25, 0.3) is 0 Å². The molecule has 5 heteroatoms. The molecule has 0 aromatic carbocycles. The molecule has 108 valence electrons. The van der Waals surface area contributed by atoms with Crippen molar-refractivity contribution in [1.82, 2.24) is 5.32 Å². The molecule has 2 unspecified atom stereocenters. The first-order valence-electron chi connectivity index (χ1n) is 6.32. The van der Waals surface area contributed by atoms with Gasteiger partial charge in [0, 0.05) is 4.43 Å². The van der Waals surface area contributed by atoms with Gasteiger partial charge in [0.15, 0.2) is 0 Å². The smallest absolute Gasteiger partial charge is 0.407 e. The number of alkyl carbamates (subject to hydrolysis) is 1. The number of carbonyl (C=O) groups is 1. The molecule has 4 nitrogen and oxygen atoms in total. The van der Waals surface area contributed by atoms with Crippen LogP contribution in [0, 0.1) is 0 Å². The van der Waals surface area contributed by atoms with E-state index in [0.717, 1.165) is 10.8 Å². The molecule has 0 aliphatic carbocycles. The van der Waals surface area contributed by atoms with Crippen LogP contribution in [0.15, 0.2) is 0 Å². The van der Waals surface area contributed by atoms with Gasteiger partial charge >= 0.3 is 6.09 Å². The third-order valence-electron chi connectivity index (χ3n) is 2.35. The zero-order valence-corrected chi connectivity index (χ0v) is 14.5. The minimum absolute atomic E-state index is 0.185. The van der Waals surface area contributed by atoms with Crippen LogP contribution in [0.5, 0.6) is 0 Å². The normalized spacial score (nSPS) is 16.8. The van der Waals surface area contributed by atoms with Crippen LogP contribution < -0.4 is 5.32 Å². The molecule has 0 radical (unpaired) electrons. The van der Waals surface area contributed by atoms with Gasteiger partial charge in [-0.25, -0.2) is 4.79 Å². The predicted molar refractivity (Wildman–Crippen MR) is 82.4 cm³/mol. The number of hydrogen-bond donors (Lipinski definition) is 1. The van der Waals surface area contributed by atoms with Gasteiger partial charge in [0.2, 0.25) is 0 Å². The van der Waals surface area contributed by atoms with Gasteiger partial charge in [-0.1, -0.05) is 29.5 Å². The van der Waals surface area contributed by atoms with Gasteiger partial charge in [-0.15, -0.1) is 0 Å². The fourth-order valence-electron chi connectivity index (χ4n) is 1.26. The molecule has 0 saturated carbocycles. The summed E-state index contributed by atoms with van der Waals surface area (Å²) in [7, 11) is 0. The Balaban J connectivity index is 4.25. The molecule has 0 bridgehead atoms. The van der Waals surface area contributed by atoms with Crippen molar-refractivity contribution in [2.75, 3.05) is 11.0 Å². The standard InChI is InChI=1S/C13H26INO3/c1-7-10(2)17-13(6,8-14)9-15-11(16)18-12(3,4)5/h10H,7-9H2,1-6H3,(H,15,16). The highest BCUT2D eigenvalue weighted by Crippen LogP contribution is 2.17. The lowest BCUT2D eigenvalue weighted by Crippen LogP contribution is -2.47. The molecule has 0 spiro atoms. The minimum Gasteiger partial charge on any atom is -0.444 e. The van der Waals surface area contributed by atoms with E-state index < -0.39 is 11.7 Å².